The van der Waals surface area contributed by atoms with Crippen LogP contribution in [-0.2, 0) is 11.3 Å². The predicted octanol–water partition coefficient (Wildman–Crippen LogP) is 3.12. The Balaban J connectivity index is 1.66. The largest absolute Gasteiger partial charge is 0.492 e. The van der Waals surface area contributed by atoms with Crippen LogP contribution in [0, 0.1) is 6.92 Å². The van der Waals surface area contributed by atoms with Gasteiger partial charge >= 0.3 is 5.97 Å². The van der Waals surface area contributed by atoms with Crippen molar-refractivity contribution in [3.63, 3.8) is 0 Å². The summed E-state index contributed by atoms with van der Waals surface area (Å²) in [4.78, 5) is 37.0. The number of thiophene rings is 1. The third-order valence-electron chi connectivity index (χ3n) is 4.03. The monoisotopic (exact) mass is 427 g/mol. The van der Waals surface area contributed by atoms with Crippen LogP contribution >= 0.6 is 11.3 Å². The number of hydrogen-bond donors (Lipinski definition) is 1. The molecular weight excluding hydrogens is 406 g/mol. The van der Waals surface area contributed by atoms with Gasteiger partial charge in [-0.25, -0.2) is 9.48 Å². The van der Waals surface area contributed by atoms with Gasteiger partial charge in [0.25, 0.3) is 11.5 Å². The van der Waals surface area contributed by atoms with Crippen LogP contribution in [0.3, 0.4) is 0 Å². The smallest absolute Gasteiger partial charge is 0.348 e. The number of aromatic nitrogens is 2. The van der Waals surface area contributed by atoms with Crippen molar-refractivity contribution >= 4 is 28.2 Å². The zero-order valence-electron chi connectivity index (χ0n) is 16.6. The van der Waals surface area contributed by atoms with Crippen molar-refractivity contribution in [3.05, 3.63) is 75.0 Å². The molecule has 0 radical (unpaired) electrons. The average Bonchev–Trinajstić information content (AvgIpc) is 3.10. The standard InChI is InChI=1S/C21H21N3O5S/c1-3-28-21(27)19-14(2)13-17(30-19)22-20(26)16-9-10-18(25)24(23-16)11-12-29-15-7-5-4-6-8-15/h4-10,13H,3,11-12H2,1-2H3,(H,22,26). The van der Waals surface area contributed by atoms with Crippen molar-refractivity contribution in [1.82, 2.24) is 9.78 Å². The minimum atomic E-state index is -0.482. The predicted molar refractivity (Wildman–Crippen MR) is 113 cm³/mol. The van der Waals surface area contributed by atoms with E-state index in [1.807, 2.05) is 30.3 Å². The first-order valence-electron chi connectivity index (χ1n) is 9.33. The lowest BCUT2D eigenvalue weighted by Gasteiger charge is -2.08. The molecule has 1 amide bonds. The van der Waals surface area contributed by atoms with Crippen molar-refractivity contribution in [1.29, 1.82) is 0 Å². The molecule has 0 bridgehead atoms. The Labute approximate surface area is 177 Å². The zero-order chi connectivity index (χ0) is 21.5. The summed E-state index contributed by atoms with van der Waals surface area (Å²) in [6, 6.07) is 13.5. The van der Waals surface area contributed by atoms with Crippen molar-refractivity contribution in [3.8, 4) is 5.75 Å². The quantitative estimate of drug-likeness (QED) is 0.555. The van der Waals surface area contributed by atoms with Gasteiger partial charge in [-0.05, 0) is 43.7 Å². The Hall–Kier alpha value is -3.46. The number of para-hydroxylation sites is 1. The van der Waals surface area contributed by atoms with Crippen LogP contribution in [-0.4, -0.2) is 34.9 Å². The maximum Gasteiger partial charge on any atom is 0.348 e. The number of ether oxygens (including phenoxy) is 2. The molecule has 0 aliphatic rings. The van der Waals surface area contributed by atoms with E-state index >= 15 is 0 Å². The number of hydrogen-bond acceptors (Lipinski definition) is 7. The molecule has 0 aliphatic carbocycles. The van der Waals surface area contributed by atoms with Crippen LogP contribution in [0.4, 0.5) is 5.00 Å². The summed E-state index contributed by atoms with van der Waals surface area (Å²) < 4.78 is 11.8. The number of esters is 1. The number of anilines is 1. The van der Waals surface area contributed by atoms with E-state index in [-0.39, 0.29) is 31.0 Å². The number of carbonyl (C=O) groups excluding carboxylic acids is 2. The molecule has 2 heterocycles. The van der Waals surface area contributed by atoms with E-state index in [4.69, 9.17) is 9.47 Å². The molecule has 0 unspecified atom stereocenters. The van der Waals surface area contributed by atoms with Gasteiger partial charge in [0.2, 0.25) is 0 Å². The van der Waals surface area contributed by atoms with E-state index in [0.29, 0.717) is 21.2 Å². The number of nitrogens with one attached hydrogen (secondary N) is 1. The van der Waals surface area contributed by atoms with Crippen LogP contribution in [0.2, 0.25) is 0 Å². The SMILES string of the molecule is CCOC(=O)c1sc(NC(=O)c2ccc(=O)n(CCOc3ccccc3)n2)cc1C. The number of nitrogens with zero attached hydrogens (tertiary/aromatic N) is 2. The lowest BCUT2D eigenvalue weighted by atomic mass is 10.3. The fraction of sp³-hybridized carbons (Fsp3) is 0.238. The normalized spacial score (nSPS) is 10.5. The van der Waals surface area contributed by atoms with Crippen molar-refractivity contribution in [2.45, 2.75) is 20.4 Å². The lowest BCUT2D eigenvalue weighted by Crippen LogP contribution is -2.28. The molecule has 3 rings (SSSR count). The zero-order valence-corrected chi connectivity index (χ0v) is 17.4. The maximum absolute atomic E-state index is 12.6. The lowest BCUT2D eigenvalue weighted by molar-refractivity contribution is 0.0531. The second kappa shape index (κ2) is 9.84. The summed E-state index contributed by atoms with van der Waals surface area (Å²) in [5.41, 5.74) is 0.461. The van der Waals surface area contributed by atoms with Crippen molar-refractivity contribution < 1.29 is 19.1 Å². The van der Waals surface area contributed by atoms with Crippen LogP contribution in [0.25, 0.3) is 0 Å². The molecule has 2 aromatic heterocycles. The second-order valence-corrected chi connectivity index (χ2v) is 7.29. The fourth-order valence-corrected chi connectivity index (χ4v) is 3.58. The molecule has 0 fully saturated rings. The van der Waals surface area contributed by atoms with Gasteiger partial charge in [0.15, 0.2) is 0 Å². The minimum Gasteiger partial charge on any atom is -0.492 e. The molecule has 8 nitrogen and oxygen atoms in total. The van der Waals surface area contributed by atoms with Gasteiger partial charge < -0.3 is 14.8 Å². The van der Waals surface area contributed by atoms with Gasteiger partial charge in [-0.3, -0.25) is 9.59 Å². The van der Waals surface area contributed by atoms with E-state index < -0.39 is 11.9 Å². The van der Waals surface area contributed by atoms with Crippen LogP contribution in [0.15, 0.2) is 53.3 Å². The van der Waals surface area contributed by atoms with E-state index in [1.54, 1.807) is 19.9 Å². The number of carbonyl (C=O) groups is 2. The molecule has 0 saturated carbocycles. The van der Waals surface area contributed by atoms with E-state index in [2.05, 4.69) is 10.4 Å². The first-order valence-corrected chi connectivity index (χ1v) is 10.1. The first-order chi connectivity index (χ1) is 14.5. The molecule has 1 N–H and O–H groups in total. The summed E-state index contributed by atoms with van der Waals surface area (Å²) in [7, 11) is 0. The highest BCUT2D eigenvalue weighted by atomic mass is 32.1. The highest BCUT2D eigenvalue weighted by molar-refractivity contribution is 7.18. The van der Waals surface area contributed by atoms with Gasteiger partial charge in [-0.2, -0.15) is 5.10 Å². The van der Waals surface area contributed by atoms with Gasteiger partial charge in [0.1, 0.15) is 22.9 Å². The van der Waals surface area contributed by atoms with Crippen molar-refractivity contribution in [2.24, 2.45) is 0 Å². The number of aryl methyl sites for hydroxylation is 1. The first kappa shape index (κ1) is 21.3. The Bertz CT molecular complexity index is 1090. The highest BCUT2D eigenvalue weighted by Gasteiger charge is 2.17. The Morgan fingerprint density at radius 3 is 2.67 bits per heavy atom. The molecule has 0 atom stereocenters. The number of rotatable bonds is 8. The van der Waals surface area contributed by atoms with E-state index in [0.717, 1.165) is 11.3 Å². The highest BCUT2D eigenvalue weighted by Crippen LogP contribution is 2.27. The maximum atomic E-state index is 12.6. The van der Waals surface area contributed by atoms with Gasteiger partial charge in [-0.15, -0.1) is 11.3 Å². The Kier molecular flexibility index (Phi) is 6.97. The summed E-state index contributed by atoms with van der Waals surface area (Å²) in [5.74, 6) is -0.222. The molecule has 156 valence electrons. The third kappa shape index (κ3) is 5.32. The molecule has 9 heteroatoms. The van der Waals surface area contributed by atoms with Gasteiger partial charge in [-0.1, -0.05) is 18.2 Å². The molecule has 0 saturated heterocycles. The summed E-state index contributed by atoms with van der Waals surface area (Å²) in [6.07, 6.45) is 0. The Morgan fingerprint density at radius 1 is 1.17 bits per heavy atom. The summed E-state index contributed by atoms with van der Waals surface area (Å²) >= 11 is 1.13. The molecule has 0 spiro atoms. The van der Waals surface area contributed by atoms with Gasteiger partial charge in [0.05, 0.1) is 18.2 Å². The summed E-state index contributed by atoms with van der Waals surface area (Å²) in [6.45, 7) is 4.20. The third-order valence-corrected chi connectivity index (χ3v) is 5.16. The molecular formula is C21H21N3O5S. The molecule has 0 aliphatic heterocycles. The Morgan fingerprint density at radius 2 is 1.93 bits per heavy atom. The number of amides is 1. The molecule has 30 heavy (non-hydrogen) atoms. The van der Waals surface area contributed by atoms with E-state index in [9.17, 15) is 14.4 Å². The minimum absolute atomic E-state index is 0.0815. The molecule has 1 aromatic carbocycles. The number of benzene rings is 1. The fourth-order valence-electron chi connectivity index (χ4n) is 2.62. The molecule has 3 aromatic rings. The summed E-state index contributed by atoms with van der Waals surface area (Å²) in [5, 5.41) is 7.32. The second-order valence-electron chi connectivity index (χ2n) is 6.24. The van der Waals surface area contributed by atoms with Crippen LogP contribution < -0.4 is 15.6 Å². The van der Waals surface area contributed by atoms with Crippen LogP contribution in [0.1, 0.15) is 32.6 Å². The topological polar surface area (TPSA) is 99.5 Å². The van der Waals surface area contributed by atoms with Gasteiger partial charge in [0, 0.05) is 6.07 Å². The average molecular weight is 427 g/mol. The van der Waals surface area contributed by atoms with E-state index in [1.165, 1.54) is 16.8 Å². The van der Waals surface area contributed by atoms with Crippen LogP contribution in [0.5, 0.6) is 5.75 Å². The van der Waals surface area contributed by atoms with Crippen molar-refractivity contribution in [2.75, 3.05) is 18.5 Å².